The van der Waals surface area contributed by atoms with Gasteiger partial charge in [-0.3, -0.25) is 0 Å². The summed E-state index contributed by atoms with van der Waals surface area (Å²) >= 11 is 1.76. The van der Waals surface area contributed by atoms with Crippen LogP contribution >= 0.6 is 11.3 Å². The monoisotopic (exact) mass is 272 g/mol. The number of benzene rings is 1. The third-order valence-electron chi connectivity index (χ3n) is 3.44. The van der Waals surface area contributed by atoms with Gasteiger partial charge in [0.2, 0.25) is 0 Å². The van der Waals surface area contributed by atoms with E-state index in [9.17, 15) is 4.79 Å². The lowest BCUT2D eigenvalue weighted by molar-refractivity contribution is 0.0535. The molecule has 3 rings (SSSR count). The van der Waals surface area contributed by atoms with Gasteiger partial charge in [-0.1, -0.05) is 43.7 Å². The van der Waals surface area contributed by atoms with E-state index in [2.05, 4.69) is 19.1 Å². The molecular formula is C16H16O2S. The first-order valence-corrected chi connectivity index (χ1v) is 7.50. The predicted octanol–water partition coefficient (Wildman–Crippen LogP) is 4.43. The molecule has 0 atom stereocenters. The Morgan fingerprint density at radius 1 is 1.26 bits per heavy atom. The zero-order valence-electron chi connectivity index (χ0n) is 10.9. The number of carbonyl (C=O) groups is 1. The number of cyclic esters (lactones) is 1. The number of esters is 1. The third kappa shape index (κ3) is 2.19. The Kier molecular flexibility index (Phi) is 3.38. The fourth-order valence-electron chi connectivity index (χ4n) is 2.42. The second-order valence-electron chi connectivity index (χ2n) is 4.75. The minimum absolute atomic E-state index is 0.159. The van der Waals surface area contributed by atoms with E-state index in [4.69, 9.17) is 4.74 Å². The molecular weight excluding hydrogens is 256 g/mol. The fraction of sp³-hybridized carbons (Fsp3) is 0.312. The summed E-state index contributed by atoms with van der Waals surface area (Å²) in [6.45, 7) is 2.64. The highest BCUT2D eigenvalue weighted by Gasteiger charge is 2.30. The average Bonchev–Trinajstić information content (AvgIpc) is 2.99. The molecule has 2 aromatic rings. The Labute approximate surface area is 117 Å². The van der Waals surface area contributed by atoms with Gasteiger partial charge in [-0.25, -0.2) is 4.79 Å². The lowest BCUT2D eigenvalue weighted by Crippen LogP contribution is -1.94. The van der Waals surface area contributed by atoms with Crippen LogP contribution in [0.1, 0.15) is 40.6 Å². The number of carbonyl (C=O) groups excluding carboxylic acids is 1. The maximum atomic E-state index is 11.9. The molecule has 0 unspecified atom stereocenters. The summed E-state index contributed by atoms with van der Waals surface area (Å²) in [4.78, 5) is 14.3. The van der Waals surface area contributed by atoms with Crippen molar-refractivity contribution >= 4 is 17.3 Å². The zero-order valence-corrected chi connectivity index (χ0v) is 11.8. The van der Waals surface area contributed by atoms with Gasteiger partial charge in [-0.2, -0.15) is 0 Å². The average molecular weight is 272 g/mol. The first-order chi connectivity index (χ1) is 9.31. The Balaban J connectivity index is 2.08. The van der Waals surface area contributed by atoms with Gasteiger partial charge in [0, 0.05) is 15.3 Å². The molecule has 19 heavy (non-hydrogen) atoms. The molecule has 1 aliphatic heterocycles. The van der Waals surface area contributed by atoms with E-state index < -0.39 is 0 Å². The van der Waals surface area contributed by atoms with E-state index in [-0.39, 0.29) is 5.97 Å². The molecule has 2 nitrogen and oxygen atoms in total. The molecule has 1 aromatic carbocycles. The molecule has 98 valence electrons. The maximum absolute atomic E-state index is 11.9. The molecule has 0 radical (unpaired) electrons. The van der Waals surface area contributed by atoms with Crippen molar-refractivity contribution in [2.45, 2.75) is 32.8 Å². The number of fused-ring (bicyclic) bond motifs is 1. The van der Waals surface area contributed by atoms with Crippen LogP contribution in [0, 0.1) is 0 Å². The van der Waals surface area contributed by atoms with E-state index in [1.807, 2.05) is 18.2 Å². The molecule has 0 spiro atoms. The SMILES string of the molecule is CCCCc1sc(-c2ccccc2)c2c1COC2=O. The molecule has 2 heterocycles. The van der Waals surface area contributed by atoms with Crippen molar-refractivity contribution < 1.29 is 9.53 Å². The number of thiophene rings is 1. The van der Waals surface area contributed by atoms with Crippen LogP contribution in [0.4, 0.5) is 0 Å². The largest absolute Gasteiger partial charge is 0.457 e. The molecule has 3 heteroatoms. The van der Waals surface area contributed by atoms with Crippen LogP contribution in [-0.2, 0) is 17.8 Å². The third-order valence-corrected chi connectivity index (χ3v) is 4.78. The van der Waals surface area contributed by atoms with Gasteiger partial charge >= 0.3 is 5.97 Å². The van der Waals surface area contributed by atoms with Gasteiger partial charge in [0.1, 0.15) is 6.61 Å². The highest BCUT2D eigenvalue weighted by Crippen LogP contribution is 2.41. The number of aryl methyl sites for hydroxylation is 1. The standard InChI is InChI=1S/C16H16O2S/c1-2-3-9-13-12-10-18-16(17)14(12)15(19-13)11-7-5-4-6-8-11/h4-8H,2-3,9-10H2,1H3. The topological polar surface area (TPSA) is 26.3 Å². The van der Waals surface area contributed by atoms with E-state index in [1.54, 1.807) is 11.3 Å². The Morgan fingerprint density at radius 3 is 2.79 bits per heavy atom. The summed E-state index contributed by atoms with van der Waals surface area (Å²) in [5.41, 5.74) is 3.05. The highest BCUT2D eigenvalue weighted by molar-refractivity contribution is 7.16. The summed E-state index contributed by atoms with van der Waals surface area (Å²) in [6, 6.07) is 10.1. The van der Waals surface area contributed by atoms with Crippen LogP contribution in [0.25, 0.3) is 10.4 Å². The van der Waals surface area contributed by atoms with Crippen molar-refractivity contribution in [1.29, 1.82) is 0 Å². The second-order valence-corrected chi connectivity index (χ2v) is 5.86. The van der Waals surface area contributed by atoms with Crippen molar-refractivity contribution in [3.05, 3.63) is 46.3 Å². The Bertz CT molecular complexity index is 599. The van der Waals surface area contributed by atoms with Gasteiger partial charge in [0.15, 0.2) is 0 Å². The molecule has 0 fully saturated rings. The van der Waals surface area contributed by atoms with E-state index in [0.717, 1.165) is 34.4 Å². The predicted molar refractivity (Wildman–Crippen MR) is 77.5 cm³/mol. The van der Waals surface area contributed by atoms with E-state index in [0.29, 0.717) is 6.61 Å². The summed E-state index contributed by atoms with van der Waals surface area (Å²) < 4.78 is 5.21. The summed E-state index contributed by atoms with van der Waals surface area (Å²) in [7, 11) is 0. The molecule has 0 N–H and O–H groups in total. The molecule has 0 amide bonds. The van der Waals surface area contributed by atoms with Crippen LogP contribution in [0.5, 0.6) is 0 Å². The first kappa shape index (κ1) is 12.4. The number of unbranched alkanes of at least 4 members (excludes halogenated alkanes) is 1. The van der Waals surface area contributed by atoms with Crippen molar-refractivity contribution in [2.24, 2.45) is 0 Å². The normalized spacial score (nSPS) is 13.4. The minimum Gasteiger partial charge on any atom is -0.457 e. The smallest absolute Gasteiger partial charge is 0.340 e. The summed E-state index contributed by atoms with van der Waals surface area (Å²) in [5.74, 6) is -0.159. The molecule has 1 aromatic heterocycles. The molecule has 0 saturated heterocycles. The summed E-state index contributed by atoms with van der Waals surface area (Å²) in [6.07, 6.45) is 3.38. The van der Waals surface area contributed by atoms with Crippen molar-refractivity contribution in [3.8, 4) is 10.4 Å². The quantitative estimate of drug-likeness (QED) is 0.770. The van der Waals surface area contributed by atoms with E-state index in [1.165, 1.54) is 11.3 Å². The summed E-state index contributed by atoms with van der Waals surface area (Å²) in [5, 5.41) is 0. The van der Waals surface area contributed by atoms with E-state index >= 15 is 0 Å². The number of rotatable bonds is 4. The maximum Gasteiger partial charge on any atom is 0.340 e. The highest BCUT2D eigenvalue weighted by atomic mass is 32.1. The number of hydrogen-bond acceptors (Lipinski definition) is 3. The van der Waals surface area contributed by atoms with Crippen molar-refractivity contribution in [2.75, 3.05) is 0 Å². The lowest BCUT2D eigenvalue weighted by atomic mass is 10.0. The van der Waals surface area contributed by atoms with Gasteiger partial charge in [-0.15, -0.1) is 11.3 Å². The first-order valence-electron chi connectivity index (χ1n) is 6.68. The van der Waals surface area contributed by atoms with Gasteiger partial charge in [0.05, 0.1) is 5.56 Å². The molecule has 1 aliphatic rings. The van der Waals surface area contributed by atoms with Gasteiger partial charge in [-0.05, 0) is 18.4 Å². The van der Waals surface area contributed by atoms with Crippen molar-refractivity contribution in [1.82, 2.24) is 0 Å². The van der Waals surface area contributed by atoms with Crippen LogP contribution in [0.3, 0.4) is 0 Å². The number of ether oxygens (including phenoxy) is 1. The second kappa shape index (κ2) is 5.17. The molecule has 0 saturated carbocycles. The number of hydrogen-bond donors (Lipinski definition) is 0. The van der Waals surface area contributed by atoms with Crippen LogP contribution in [0.2, 0.25) is 0 Å². The Morgan fingerprint density at radius 2 is 2.05 bits per heavy atom. The van der Waals surface area contributed by atoms with Crippen LogP contribution in [-0.4, -0.2) is 5.97 Å². The van der Waals surface area contributed by atoms with Crippen LogP contribution in [0.15, 0.2) is 30.3 Å². The molecule has 0 bridgehead atoms. The zero-order chi connectivity index (χ0) is 13.2. The fourth-order valence-corrected chi connectivity index (χ4v) is 3.76. The lowest BCUT2D eigenvalue weighted by Gasteiger charge is -2.00. The van der Waals surface area contributed by atoms with Gasteiger partial charge in [0.25, 0.3) is 0 Å². The Hall–Kier alpha value is -1.61. The molecule has 0 aliphatic carbocycles. The van der Waals surface area contributed by atoms with Gasteiger partial charge < -0.3 is 4.74 Å². The minimum atomic E-state index is -0.159. The van der Waals surface area contributed by atoms with Crippen molar-refractivity contribution in [3.63, 3.8) is 0 Å². The van der Waals surface area contributed by atoms with Crippen LogP contribution < -0.4 is 0 Å².